The summed E-state index contributed by atoms with van der Waals surface area (Å²) in [6.07, 6.45) is -0.0271. The molecule has 1 aliphatic rings. The first-order valence-electron chi connectivity index (χ1n) is 15.3. The zero-order chi connectivity index (χ0) is 34.0. The molecule has 0 fully saturated rings. The molecular weight excluding hydrogens is 584 g/mol. The van der Waals surface area contributed by atoms with E-state index in [-0.39, 0.29) is 30.8 Å². The highest BCUT2D eigenvalue weighted by Gasteiger charge is 2.36. The number of carbonyl (C=O) groups is 5. The molecule has 45 heavy (non-hydrogen) atoms. The highest BCUT2D eigenvalue weighted by molar-refractivity contribution is 6.20. The minimum Gasteiger partial charge on any atom is -0.444 e. The van der Waals surface area contributed by atoms with E-state index in [0.29, 0.717) is 44.0 Å². The fraction of sp³-hybridized carbons (Fsp3) is 0.656. The van der Waals surface area contributed by atoms with E-state index in [4.69, 9.17) is 19.0 Å². The second-order valence-electron chi connectivity index (χ2n) is 13.7. The molecule has 0 radical (unpaired) electrons. The number of fused-ring (bicyclic) bond motifs is 1. The molecule has 5 amide bonds. The summed E-state index contributed by atoms with van der Waals surface area (Å²) in [5.74, 6) is -1.11. The van der Waals surface area contributed by atoms with Gasteiger partial charge in [0.05, 0.1) is 17.7 Å². The lowest BCUT2D eigenvalue weighted by molar-refractivity contribution is -0.0956. The number of nitrogens with zero attached hydrogens (tertiary/aromatic N) is 3. The van der Waals surface area contributed by atoms with Crippen molar-refractivity contribution in [3.05, 3.63) is 35.4 Å². The summed E-state index contributed by atoms with van der Waals surface area (Å²) in [7, 11) is 0. The predicted octanol–water partition coefficient (Wildman–Crippen LogP) is 5.38. The maximum Gasteiger partial charge on any atom is 0.410 e. The van der Waals surface area contributed by atoms with Gasteiger partial charge < -0.3 is 29.3 Å². The molecule has 13 nitrogen and oxygen atoms in total. The van der Waals surface area contributed by atoms with Crippen LogP contribution in [0.2, 0.25) is 0 Å². The Balaban J connectivity index is 1.94. The Hall–Kier alpha value is -3.87. The Labute approximate surface area is 266 Å². The fourth-order valence-electron chi connectivity index (χ4n) is 4.15. The van der Waals surface area contributed by atoms with Crippen LogP contribution in [0.15, 0.2) is 24.3 Å². The van der Waals surface area contributed by atoms with Gasteiger partial charge in [-0.1, -0.05) is 12.1 Å². The summed E-state index contributed by atoms with van der Waals surface area (Å²) in [6, 6.07) is 6.46. The molecule has 1 N–H and O–H groups in total. The quantitative estimate of drug-likeness (QED) is 0.172. The normalized spacial score (nSPS) is 13.3. The number of hydrogen-bond donors (Lipinski definition) is 1. The standard InChI is InChI=1S/C32H50N4O9/c1-30(2,3)43-27(39)33-17-14-20-34(28(40)44-31(4,5)6)18-12-13-19-35(29(41)45-32(7,8)9)21-22-42-36-25(37)23-15-10-11-16-24(23)26(36)38/h10-11,15-16H,12-14,17-22H2,1-9H3,(H,33,39). The van der Waals surface area contributed by atoms with Crippen LogP contribution in [0.3, 0.4) is 0 Å². The molecule has 1 heterocycles. The molecule has 0 aromatic heterocycles. The van der Waals surface area contributed by atoms with Crippen LogP contribution in [0, 0.1) is 0 Å². The second kappa shape index (κ2) is 15.9. The van der Waals surface area contributed by atoms with Crippen LogP contribution in [0.4, 0.5) is 14.4 Å². The summed E-state index contributed by atoms with van der Waals surface area (Å²) >= 11 is 0. The van der Waals surface area contributed by atoms with E-state index in [1.165, 1.54) is 4.90 Å². The highest BCUT2D eigenvalue weighted by atomic mass is 16.7. The second-order valence-corrected chi connectivity index (χ2v) is 13.7. The predicted molar refractivity (Wildman–Crippen MR) is 167 cm³/mol. The van der Waals surface area contributed by atoms with Gasteiger partial charge in [0.2, 0.25) is 0 Å². The number of imide groups is 1. The Morgan fingerprint density at radius 1 is 0.667 bits per heavy atom. The lowest BCUT2D eigenvalue weighted by atomic mass is 10.1. The molecule has 0 saturated carbocycles. The zero-order valence-corrected chi connectivity index (χ0v) is 28.2. The van der Waals surface area contributed by atoms with Crippen molar-refractivity contribution in [1.82, 2.24) is 20.2 Å². The summed E-state index contributed by atoms with van der Waals surface area (Å²) in [5.41, 5.74) is -1.50. The number of carbonyl (C=O) groups excluding carboxylic acids is 5. The molecule has 1 aromatic carbocycles. The number of rotatable bonds is 13. The number of hydroxylamine groups is 2. The van der Waals surface area contributed by atoms with Gasteiger partial charge in [-0.25, -0.2) is 14.4 Å². The van der Waals surface area contributed by atoms with Crippen LogP contribution in [0.1, 0.15) is 102 Å². The van der Waals surface area contributed by atoms with Crippen LogP contribution in [-0.4, -0.2) is 101 Å². The van der Waals surface area contributed by atoms with Crippen LogP contribution in [-0.2, 0) is 19.0 Å². The lowest BCUT2D eigenvalue weighted by Gasteiger charge is -2.29. The van der Waals surface area contributed by atoms with Crippen molar-refractivity contribution in [3.63, 3.8) is 0 Å². The first-order chi connectivity index (χ1) is 20.8. The van der Waals surface area contributed by atoms with Crippen molar-refractivity contribution in [2.45, 2.75) is 98.4 Å². The smallest absolute Gasteiger partial charge is 0.410 e. The number of hydrogen-bond acceptors (Lipinski definition) is 9. The van der Waals surface area contributed by atoms with E-state index >= 15 is 0 Å². The van der Waals surface area contributed by atoms with Gasteiger partial charge in [0.1, 0.15) is 16.8 Å². The topological polar surface area (TPSA) is 144 Å². The Bertz CT molecular complexity index is 1160. The van der Waals surface area contributed by atoms with Crippen molar-refractivity contribution in [2.24, 2.45) is 0 Å². The minimum absolute atomic E-state index is 0.0639. The van der Waals surface area contributed by atoms with Crippen LogP contribution < -0.4 is 5.32 Å². The Morgan fingerprint density at radius 3 is 1.53 bits per heavy atom. The third-order valence-electron chi connectivity index (χ3n) is 6.02. The van der Waals surface area contributed by atoms with E-state index in [0.717, 1.165) is 0 Å². The van der Waals surface area contributed by atoms with Gasteiger partial charge in [-0.15, -0.1) is 5.06 Å². The maximum absolute atomic E-state index is 13.0. The van der Waals surface area contributed by atoms with Gasteiger partial charge in [-0.05, 0) is 93.7 Å². The Morgan fingerprint density at radius 2 is 1.09 bits per heavy atom. The van der Waals surface area contributed by atoms with Gasteiger partial charge in [0, 0.05) is 32.7 Å². The monoisotopic (exact) mass is 634 g/mol. The van der Waals surface area contributed by atoms with Crippen molar-refractivity contribution < 1.29 is 43.0 Å². The molecule has 0 unspecified atom stereocenters. The summed E-state index contributed by atoms with van der Waals surface area (Å²) in [5, 5.41) is 3.41. The van der Waals surface area contributed by atoms with E-state index < -0.39 is 46.9 Å². The van der Waals surface area contributed by atoms with E-state index in [1.54, 1.807) is 91.5 Å². The van der Waals surface area contributed by atoms with Crippen LogP contribution >= 0.6 is 0 Å². The summed E-state index contributed by atoms with van der Waals surface area (Å²) in [4.78, 5) is 71.6. The molecule has 0 atom stereocenters. The molecule has 0 saturated heterocycles. The number of benzene rings is 1. The van der Waals surface area contributed by atoms with E-state index in [1.807, 2.05) is 0 Å². The van der Waals surface area contributed by atoms with Crippen LogP contribution in [0.25, 0.3) is 0 Å². The first-order valence-corrected chi connectivity index (χ1v) is 15.3. The largest absolute Gasteiger partial charge is 0.444 e. The van der Waals surface area contributed by atoms with Gasteiger partial charge in [-0.2, -0.15) is 0 Å². The minimum atomic E-state index is -0.737. The molecule has 0 bridgehead atoms. The molecular formula is C32H50N4O9. The molecule has 1 aliphatic heterocycles. The van der Waals surface area contributed by atoms with Crippen molar-refractivity contribution in [3.8, 4) is 0 Å². The van der Waals surface area contributed by atoms with E-state index in [9.17, 15) is 24.0 Å². The summed E-state index contributed by atoms with van der Waals surface area (Å²) < 4.78 is 16.4. The zero-order valence-electron chi connectivity index (χ0n) is 28.2. The van der Waals surface area contributed by atoms with Crippen molar-refractivity contribution in [1.29, 1.82) is 0 Å². The molecule has 0 spiro atoms. The highest BCUT2D eigenvalue weighted by Crippen LogP contribution is 2.22. The van der Waals surface area contributed by atoms with Gasteiger partial charge >= 0.3 is 18.3 Å². The fourth-order valence-corrected chi connectivity index (χ4v) is 4.15. The molecule has 1 aromatic rings. The van der Waals surface area contributed by atoms with Gasteiger partial charge in [0.15, 0.2) is 0 Å². The van der Waals surface area contributed by atoms with Gasteiger partial charge in [-0.3, -0.25) is 14.4 Å². The number of ether oxygens (including phenoxy) is 3. The summed E-state index contributed by atoms with van der Waals surface area (Å²) in [6.45, 7) is 17.2. The van der Waals surface area contributed by atoms with Crippen molar-refractivity contribution in [2.75, 3.05) is 39.3 Å². The molecule has 0 aliphatic carbocycles. The van der Waals surface area contributed by atoms with E-state index in [2.05, 4.69) is 5.32 Å². The number of amides is 5. The third kappa shape index (κ3) is 13.3. The van der Waals surface area contributed by atoms with Crippen molar-refractivity contribution >= 4 is 30.1 Å². The number of nitrogens with one attached hydrogen (secondary N) is 1. The molecule has 13 heteroatoms. The SMILES string of the molecule is CC(C)(C)OC(=O)NCCCN(CCCCN(CCON1C(=O)c2ccccc2C1=O)C(=O)OC(C)(C)C)C(=O)OC(C)(C)C. The number of unbranched alkanes of at least 4 members (excludes halogenated alkanes) is 1. The number of alkyl carbamates (subject to hydrolysis) is 1. The first kappa shape index (κ1) is 37.3. The average molecular weight is 635 g/mol. The Kier molecular flexibility index (Phi) is 13.2. The van der Waals surface area contributed by atoms with Crippen LogP contribution in [0.5, 0.6) is 0 Å². The molecule has 252 valence electrons. The van der Waals surface area contributed by atoms with Gasteiger partial charge in [0.25, 0.3) is 11.8 Å². The average Bonchev–Trinajstić information content (AvgIpc) is 3.12. The third-order valence-corrected chi connectivity index (χ3v) is 6.02. The maximum atomic E-state index is 13.0. The lowest BCUT2D eigenvalue weighted by Crippen LogP contribution is -2.41. The molecule has 2 rings (SSSR count).